The topological polar surface area (TPSA) is 42.1 Å². The lowest BCUT2D eigenvalue weighted by molar-refractivity contribution is 0.575. The summed E-state index contributed by atoms with van der Waals surface area (Å²) in [5.41, 5.74) is 5.93. The summed E-state index contributed by atoms with van der Waals surface area (Å²) < 4.78 is 1.07. The molecule has 1 aliphatic heterocycles. The summed E-state index contributed by atoms with van der Waals surface area (Å²) in [4.78, 5) is 6.90. The van der Waals surface area contributed by atoms with Crippen LogP contribution in [0.15, 0.2) is 28.7 Å². The molecule has 2 N–H and O–H groups in total. The van der Waals surface area contributed by atoms with Gasteiger partial charge in [0.25, 0.3) is 0 Å². The minimum absolute atomic E-state index is 0.598. The summed E-state index contributed by atoms with van der Waals surface area (Å²) in [6, 6.07) is 8.22. The van der Waals surface area contributed by atoms with Crippen molar-refractivity contribution in [2.24, 2.45) is 0 Å². The van der Waals surface area contributed by atoms with Gasteiger partial charge in [0.05, 0.1) is 0 Å². The quantitative estimate of drug-likeness (QED) is 0.876. The molecule has 3 rings (SSSR count). The van der Waals surface area contributed by atoms with Crippen molar-refractivity contribution in [2.45, 2.75) is 19.3 Å². The Hall–Kier alpha value is -1.29. The van der Waals surface area contributed by atoms with Crippen LogP contribution in [0.1, 0.15) is 19.3 Å². The minimum Gasteiger partial charge on any atom is -0.384 e. The number of aromatic nitrogens is 1. The zero-order valence-electron chi connectivity index (χ0n) is 10.2. The normalized spacial score (nSPS) is 16.2. The van der Waals surface area contributed by atoms with Crippen molar-refractivity contribution in [1.82, 2.24) is 4.98 Å². The van der Waals surface area contributed by atoms with Crippen LogP contribution in [0.3, 0.4) is 0 Å². The molecule has 94 valence electrons. The molecule has 0 bridgehead atoms. The number of anilines is 2. The molecular formula is C14H16BrN3. The predicted molar refractivity (Wildman–Crippen MR) is 79.9 cm³/mol. The second-order valence-electron chi connectivity index (χ2n) is 4.78. The highest BCUT2D eigenvalue weighted by Gasteiger charge is 2.15. The van der Waals surface area contributed by atoms with Gasteiger partial charge >= 0.3 is 0 Å². The second-order valence-corrected chi connectivity index (χ2v) is 5.70. The molecule has 0 aliphatic carbocycles. The number of hydrogen-bond donors (Lipinski definition) is 1. The summed E-state index contributed by atoms with van der Waals surface area (Å²) in [6.07, 6.45) is 3.81. The summed E-state index contributed by atoms with van der Waals surface area (Å²) in [7, 11) is 0. The summed E-state index contributed by atoms with van der Waals surface area (Å²) in [5, 5.41) is 2.34. The molecule has 0 radical (unpaired) electrons. The van der Waals surface area contributed by atoms with E-state index in [0.29, 0.717) is 5.82 Å². The van der Waals surface area contributed by atoms with Gasteiger partial charge in [-0.2, -0.15) is 0 Å². The van der Waals surface area contributed by atoms with Crippen molar-refractivity contribution >= 4 is 38.3 Å². The standard InChI is InChI=1S/C14H16BrN3/c15-11-4-5-12-10(8-11)9-13(16)17-14(12)18-6-2-1-3-7-18/h4-5,8-9H,1-3,6-7H2,(H2,16,17). The fourth-order valence-electron chi connectivity index (χ4n) is 2.58. The Morgan fingerprint density at radius 1 is 1.11 bits per heavy atom. The van der Waals surface area contributed by atoms with E-state index in [2.05, 4.69) is 44.0 Å². The van der Waals surface area contributed by atoms with Crippen LogP contribution in [0.5, 0.6) is 0 Å². The van der Waals surface area contributed by atoms with E-state index in [0.717, 1.165) is 28.8 Å². The van der Waals surface area contributed by atoms with E-state index in [-0.39, 0.29) is 0 Å². The molecule has 0 atom stereocenters. The zero-order chi connectivity index (χ0) is 12.5. The number of nitrogens with zero attached hydrogens (tertiary/aromatic N) is 2. The van der Waals surface area contributed by atoms with Gasteiger partial charge in [0.2, 0.25) is 0 Å². The highest BCUT2D eigenvalue weighted by atomic mass is 79.9. The van der Waals surface area contributed by atoms with E-state index in [9.17, 15) is 0 Å². The van der Waals surface area contributed by atoms with Crippen molar-refractivity contribution in [1.29, 1.82) is 0 Å². The summed E-state index contributed by atoms with van der Waals surface area (Å²) in [6.45, 7) is 2.17. The molecule has 1 aliphatic rings. The molecule has 1 fully saturated rings. The fraction of sp³-hybridized carbons (Fsp3) is 0.357. The van der Waals surface area contributed by atoms with Gasteiger partial charge in [0.1, 0.15) is 11.6 Å². The van der Waals surface area contributed by atoms with Crippen molar-refractivity contribution in [3.63, 3.8) is 0 Å². The van der Waals surface area contributed by atoms with Crippen LogP contribution in [0.2, 0.25) is 0 Å². The maximum atomic E-state index is 5.93. The van der Waals surface area contributed by atoms with E-state index in [4.69, 9.17) is 5.73 Å². The third-order valence-electron chi connectivity index (χ3n) is 3.45. The highest BCUT2D eigenvalue weighted by Crippen LogP contribution is 2.30. The Labute approximate surface area is 115 Å². The number of nitrogen functional groups attached to an aromatic ring is 1. The molecule has 0 unspecified atom stereocenters. The zero-order valence-corrected chi connectivity index (χ0v) is 11.8. The van der Waals surface area contributed by atoms with Crippen LogP contribution in [-0.4, -0.2) is 18.1 Å². The first kappa shape index (κ1) is 11.8. The Bertz CT molecular complexity index is 571. The third kappa shape index (κ3) is 2.17. The molecule has 1 saturated heterocycles. The lowest BCUT2D eigenvalue weighted by Gasteiger charge is -2.29. The van der Waals surface area contributed by atoms with Crippen molar-refractivity contribution in [2.75, 3.05) is 23.7 Å². The van der Waals surface area contributed by atoms with Crippen LogP contribution >= 0.6 is 15.9 Å². The van der Waals surface area contributed by atoms with Crippen LogP contribution in [-0.2, 0) is 0 Å². The van der Waals surface area contributed by atoms with Crippen molar-refractivity contribution < 1.29 is 0 Å². The van der Waals surface area contributed by atoms with E-state index in [1.807, 2.05) is 6.07 Å². The summed E-state index contributed by atoms with van der Waals surface area (Å²) >= 11 is 3.50. The lowest BCUT2D eigenvalue weighted by Crippen LogP contribution is -2.30. The molecule has 4 heteroatoms. The smallest absolute Gasteiger partial charge is 0.138 e. The largest absolute Gasteiger partial charge is 0.384 e. The number of piperidine rings is 1. The Balaban J connectivity index is 2.14. The Morgan fingerprint density at radius 3 is 2.67 bits per heavy atom. The first-order valence-corrected chi connectivity index (χ1v) is 7.14. The number of halogens is 1. The van der Waals surface area contributed by atoms with Gasteiger partial charge in [-0.15, -0.1) is 0 Å². The Morgan fingerprint density at radius 2 is 1.89 bits per heavy atom. The molecule has 0 amide bonds. The molecule has 2 heterocycles. The molecule has 0 spiro atoms. The van der Waals surface area contributed by atoms with Gasteiger partial charge in [-0.25, -0.2) is 4.98 Å². The molecule has 1 aromatic heterocycles. The van der Waals surface area contributed by atoms with Gasteiger partial charge in [0.15, 0.2) is 0 Å². The molecule has 18 heavy (non-hydrogen) atoms. The van der Waals surface area contributed by atoms with E-state index in [1.165, 1.54) is 24.6 Å². The van der Waals surface area contributed by atoms with E-state index < -0.39 is 0 Å². The molecule has 1 aromatic carbocycles. The number of fused-ring (bicyclic) bond motifs is 1. The van der Waals surface area contributed by atoms with Crippen LogP contribution < -0.4 is 10.6 Å². The number of rotatable bonds is 1. The second kappa shape index (κ2) is 4.76. The average Bonchev–Trinajstić information content (AvgIpc) is 2.38. The first-order valence-electron chi connectivity index (χ1n) is 6.35. The minimum atomic E-state index is 0.598. The van der Waals surface area contributed by atoms with Crippen molar-refractivity contribution in [3.8, 4) is 0 Å². The Kier molecular flexibility index (Phi) is 3.12. The molecule has 2 aromatic rings. The molecular weight excluding hydrogens is 290 g/mol. The van der Waals surface area contributed by atoms with Crippen LogP contribution in [0.25, 0.3) is 10.8 Å². The first-order chi connectivity index (χ1) is 8.74. The lowest BCUT2D eigenvalue weighted by atomic mass is 10.1. The number of hydrogen-bond acceptors (Lipinski definition) is 3. The van der Waals surface area contributed by atoms with Gasteiger partial charge < -0.3 is 10.6 Å². The maximum absolute atomic E-state index is 5.93. The fourth-order valence-corrected chi connectivity index (χ4v) is 2.96. The van der Waals surface area contributed by atoms with Crippen molar-refractivity contribution in [3.05, 3.63) is 28.7 Å². The SMILES string of the molecule is Nc1cc2cc(Br)ccc2c(N2CCCCC2)n1. The monoisotopic (exact) mass is 305 g/mol. The van der Waals surface area contributed by atoms with Gasteiger partial charge in [0, 0.05) is 22.9 Å². The summed E-state index contributed by atoms with van der Waals surface area (Å²) in [5.74, 6) is 1.64. The molecule has 0 saturated carbocycles. The maximum Gasteiger partial charge on any atom is 0.138 e. The molecule has 3 nitrogen and oxygen atoms in total. The average molecular weight is 306 g/mol. The number of benzene rings is 1. The van der Waals surface area contributed by atoms with Gasteiger partial charge in [-0.05, 0) is 48.9 Å². The van der Waals surface area contributed by atoms with E-state index in [1.54, 1.807) is 0 Å². The van der Waals surface area contributed by atoms with Crippen LogP contribution in [0, 0.1) is 0 Å². The van der Waals surface area contributed by atoms with E-state index >= 15 is 0 Å². The number of nitrogens with two attached hydrogens (primary N) is 1. The van der Waals surface area contributed by atoms with Gasteiger partial charge in [-0.1, -0.05) is 15.9 Å². The predicted octanol–water partition coefficient (Wildman–Crippen LogP) is 3.57. The van der Waals surface area contributed by atoms with Crippen LogP contribution in [0.4, 0.5) is 11.6 Å². The number of pyridine rings is 1. The third-order valence-corrected chi connectivity index (χ3v) is 3.94. The highest BCUT2D eigenvalue weighted by molar-refractivity contribution is 9.10. The van der Waals surface area contributed by atoms with Gasteiger partial charge in [-0.3, -0.25) is 0 Å².